The Kier molecular flexibility index (Phi) is 7.19. The Labute approximate surface area is 253 Å². The molecule has 3 aliphatic rings. The smallest absolute Gasteiger partial charge is 0.319 e. The van der Waals surface area contributed by atoms with E-state index in [1.807, 2.05) is 18.3 Å². The Hall–Kier alpha value is -4.14. The highest BCUT2D eigenvalue weighted by Gasteiger charge is 2.49. The van der Waals surface area contributed by atoms with Gasteiger partial charge in [0.05, 0.1) is 11.1 Å². The standard InChI is InChI=1S/C32H32FN7O2S/c1-3-28(41)40-12-11-38(19-23(40)17-34-2)30-29-26(14-21(16-35-29)24-6-4-7-27-25(24)8-13-43-27)36-31(37-30)42-20-32-9-5-10-39(32)18-22(33)15-32/h3-4,6-8,13-14,16,22-23H,1,5,9-12,15,17-20H2/t22-,23+,32?/m1/s1. The van der Waals surface area contributed by atoms with Crippen LogP contribution in [0.25, 0.3) is 37.1 Å². The van der Waals surface area contributed by atoms with Crippen LogP contribution < -0.4 is 9.64 Å². The molecular formula is C32H32FN7O2S. The van der Waals surface area contributed by atoms with Crippen molar-refractivity contribution in [3.05, 3.63) is 66.0 Å². The third-order valence-electron chi connectivity index (χ3n) is 9.08. The minimum absolute atomic E-state index is 0.174. The van der Waals surface area contributed by atoms with Crippen molar-refractivity contribution in [2.45, 2.75) is 37.0 Å². The molecule has 1 amide bonds. The molecule has 0 spiro atoms. The van der Waals surface area contributed by atoms with Crippen molar-refractivity contribution in [3.63, 3.8) is 0 Å². The van der Waals surface area contributed by atoms with Crippen molar-refractivity contribution >= 4 is 44.2 Å². The fraction of sp³-hybridized carbons (Fsp3) is 0.406. The zero-order chi connectivity index (χ0) is 29.6. The predicted molar refractivity (Wildman–Crippen MR) is 166 cm³/mol. The van der Waals surface area contributed by atoms with Gasteiger partial charge in [0.1, 0.15) is 24.3 Å². The van der Waals surface area contributed by atoms with E-state index >= 15 is 0 Å². The van der Waals surface area contributed by atoms with E-state index in [9.17, 15) is 9.18 Å². The number of carbonyl (C=O) groups excluding carboxylic acids is 1. The second-order valence-corrected chi connectivity index (χ2v) is 12.5. The molecular weight excluding hydrogens is 565 g/mol. The molecule has 3 saturated heterocycles. The largest absolute Gasteiger partial charge is 0.461 e. The van der Waals surface area contributed by atoms with Crippen molar-refractivity contribution in [3.8, 4) is 17.1 Å². The molecule has 0 aliphatic carbocycles. The maximum absolute atomic E-state index is 14.4. The van der Waals surface area contributed by atoms with E-state index in [1.165, 1.54) is 10.8 Å². The molecule has 11 heteroatoms. The summed E-state index contributed by atoms with van der Waals surface area (Å²) in [4.78, 5) is 36.7. The minimum Gasteiger partial charge on any atom is -0.461 e. The van der Waals surface area contributed by atoms with Crippen molar-refractivity contribution < 1.29 is 13.9 Å². The molecule has 220 valence electrons. The van der Waals surface area contributed by atoms with Gasteiger partial charge in [0.25, 0.3) is 0 Å². The fourth-order valence-corrected chi connectivity index (χ4v) is 7.84. The number of ether oxygens (including phenoxy) is 1. The van der Waals surface area contributed by atoms with Gasteiger partial charge >= 0.3 is 6.01 Å². The lowest BCUT2D eigenvalue weighted by atomic mass is 9.95. The van der Waals surface area contributed by atoms with Crippen LogP contribution in [-0.4, -0.2) is 94.3 Å². The van der Waals surface area contributed by atoms with Gasteiger partial charge in [0.15, 0.2) is 5.82 Å². The van der Waals surface area contributed by atoms with E-state index in [4.69, 9.17) is 26.3 Å². The van der Waals surface area contributed by atoms with Crippen LogP contribution >= 0.6 is 11.3 Å². The van der Waals surface area contributed by atoms with Gasteiger partial charge in [-0.1, -0.05) is 18.7 Å². The van der Waals surface area contributed by atoms with Gasteiger partial charge in [0.2, 0.25) is 12.5 Å². The Morgan fingerprint density at radius 1 is 1.26 bits per heavy atom. The first-order valence-electron chi connectivity index (χ1n) is 14.7. The van der Waals surface area contributed by atoms with Crippen LogP contribution in [0, 0.1) is 6.57 Å². The highest BCUT2D eigenvalue weighted by atomic mass is 32.1. The van der Waals surface area contributed by atoms with Crippen LogP contribution in [0.5, 0.6) is 6.01 Å². The van der Waals surface area contributed by atoms with Crippen LogP contribution in [0.1, 0.15) is 19.3 Å². The van der Waals surface area contributed by atoms with E-state index in [0.717, 1.165) is 35.9 Å². The van der Waals surface area contributed by atoms with E-state index in [-0.39, 0.29) is 30.0 Å². The number of thiophene rings is 1. The summed E-state index contributed by atoms with van der Waals surface area (Å²) in [5, 5.41) is 3.24. The lowest BCUT2D eigenvalue weighted by molar-refractivity contribution is -0.128. The molecule has 7 rings (SSSR count). The molecule has 0 bridgehead atoms. The quantitative estimate of drug-likeness (QED) is 0.220. The van der Waals surface area contributed by atoms with Crippen molar-refractivity contribution in [1.82, 2.24) is 24.8 Å². The Balaban J connectivity index is 1.28. The summed E-state index contributed by atoms with van der Waals surface area (Å²) in [7, 11) is 0. The molecule has 6 heterocycles. The zero-order valence-corrected chi connectivity index (χ0v) is 24.6. The highest BCUT2D eigenvalue weighted by Crippen LogP contribution is 2.41. The maximum atomic E-state index is 14.4. The topological polar surface area (TPSA) is 79.1 Å². The number of carbonyl (C=O) groups is 1. The summed E-state index contributed by atoms with van der Waals surface area (Å²) < 4.78 is 22.0. The van der Waals surface area contributed by atoms with Gasteiger partial charge < -0.3 is 19.4 Å². The summed E-state index contributed by atoms with van der Waals surface area (Å²) >= 11 is 1.70. The SMILES string of the molecule is [C-]#[N+]C[C@H]1CN(c2nc(OCC34CCCN3C[C@H](F)C4)nc3cc(-c4cccc5sccc45)cnc23)CCN1C(=O)C=C. The summed E-state index contributed by atoms with van der Waals surface area (Å²) in [6, 6.07) is 10.3. The maximum Gasteiger partial charge on any atom is 0.319 e. The van der Waals surface area contributed by atoms with E-state index in [0.29, 0.717) is 56.1 Å². The predicted octanol–water partition coefficient (Wildman–Crippen LogP) is 4.98. The van der Waals surface area contributed by atoms with Crippen molar-refractivity contribution in [2.24, 2.45) is 0 Å². The van der Waals surface area contributed by atoms with Gasteiger partial charge in [-0.15, -0.1) is 11.3 Å². The van der Waals surface area contributed by atoms with Gasteiger partial charge in [-0.05, 0) is 54.6 Å². The van der Waals surface area contributed by atoms with Gasteiger partial charge in [-0.25, -0.2) is 11.0 Å². The molecule has 1 unspecified atom stereocenters. The first-order valence-corrected chi connectivity index (χ1v) is 15.5. The molecule has 0 N–H and O–H groups in total. The summed E-state index contributed by atoms with van der Waals surface area (Å²) in [6.07, 6.45) is 4.68. The summed E-state index contributed by atoms with van der Waals surface area (Å²) in [6.45, 7) is 14.3. The number of alkyl halides is 1. The number of hydrogen-bond acceptors (Lipinski definition) is 8. The van der Waals surface area contributed by atoms with Crippen molar-refractivity contribution in [2.75, 3.05) is 50.8 Å². The van der Waals surface area contributed by atoms with Crippen molar-refractivity contribution in [1.29, 1.82) is 0 Å². The number of pyridine rings is 1. The summed E-state index contributed by atoms with van der Waals surface area (Å²) in [5.41, 5.74) is 2.96. The minimum atomic E-state index is -0.850. The third kappa shape index (κ3) is 4.98. The Morgan fingerprint density at radius 2 is 2.16 bits per heavy atom. The molecule has 3 atom stereocenters. The van der Waals surface area contributed by atoms with Crippen LogP contribution in [0.4, 0.5) is 10.2 Å². The number of aromatic nitrogens is 3. The number of halogens is 1. The lowest BCUT2D eigenvalue weighted by Gasteiger charge is -2.39. The first-order chi connectivity index (χ1) is 21.0. The number of hydrogen-bond donors (Lipinski definition) is 0. The molecule has 0 saturated carbocycles. The second kappa shape index (κ2) is 11.2. The van der Waals surface area contributed by atoms with Crippen LogP contribution in [0.2, 0.25) is 0 Å². The Bertz CT molecular complexity index is 1750. The number of amides is 1. The number of piperazine rings is 1. The third-order valence-corrected chi connectivity index (χ3v) is 9.96. The zero-order valence-electron chi connectivity index (χ0n) is 23.8. The van der Waals surface area contributed by atoms with Crippen LogP contribution in [-0.2, 0) is 4.79 Å². The monoisotopic (exact) mass is 597 g/mol. The molecule has 4 aromatic rings. The summed E-state index contributed by atoms with van der Waals surface area (Å²) in [5.74, 6) is 0.426. The number of benzene rings is 1. The average Bonchev–Trinajstić information content (AvgIpc) is 3.73. The van der Waals surface area contributed by atoms with E-state index in [1.54, 1.807) is 16.2 Å². The number of rotatable bonds is 7. The molecule has 3 aromatic heterocycles. The fourth-order valence-electron chi connectivity index (χ4n) is 7.02. The van der Waals surface area contributed by atoms with Gasteiger partial charge in [-0.3, -0.25) is 14.7 Å². The average molecular weight is 598 g/mol. The Morgan fingerprint density at radius 3 is 3.02 bits per heavy atom. The molecule has 43 heavy (non-hydrogen) atoms. The molecule has 1 aromatic carbocycles. The first kappa shape index (κ1) is 27.7. The number of nitrogens with zero attached hydrogens (tertiary/aromatic N) is 7. The van der Waals surface area contributed by atoms with Crippen LogP contribution in [0.15, 0.2) is 54.6 Å². The molecule has 3 aliphatic heterocycles. The van der Waals surface area contributed by atoms with Crippen LogP contribution in [0.3, 0.4) is 0 Å². The van der Waals surface area contributed by atoms with E-state index in [2.05, 4.69) is 44.8 Å². The molecule has 0 radical (unpaired) electrons. The lowest BCUT2D eigenvalue weighted by Crippen LogP contribution is -2.56. The van der Waals surface area contributed by atoms with Gasteiger partial charge in [0, 0.05) is 54.4 Å². The number of fused-ring (bicyclic) bond motifs is 3. The van der Waals surface area contributed by atoms with Gasteiger partial charge in [-0.2, -0.15) is 9.97 Å². The second-order valence-electron chi connectivity index (χ2n) is 11.6. The highest BCUT2D eigenvalue weighted by molar-refractivity contribution is 7.17. The normalized spacial score (nSPS) is 23.9. The number of anilines is 1. The van der Waals surface area contributed by atoms with E-state index < -0.39 is 6.17 Å². The molecule has 3 fully saturated rings. The molecule has 9 nitrogen and oxygen atoms in total.